The lowest BCUT2D eigenvalue weighted by atomic mass is 10.2. The van der Waals surface area contributed by atoms with Crippen LogP contribution < -0.4 is 10.5 Å². The van der Waals surface area contributed by atoms with Crippen molar-refractivity contribution in [2.45, 2.75) is 18.4 Å². The van der Waals surface area contributed by atoms with Crippen molar-refractivity contribution in [3.63, 3.8) is 0 Å². The molecule has 0 aliphatic carbocycles. The number of benzene rings is 2. The first-order valence-electron chi connectivity index (χ1n) is 6.49. The molecule has 0 atom stereocenters. The van der Waals surface area contributed by atoms with E-state index >= 15 is 0 Å². The van der Waals surface area contributed by atoms with Gasteiger partial charge in [-0.25, -0.2) is 0 Å². The van der Waals surface area contributed by atoms with Crippen molar-refractivity contribution in [1.82, 2.24) is 0 Å². The first-order valence-corrected chi connectivity index (χ1v) is 7.48. The molecule has 0 unspecified atom stereocenters. The molecule has 0 aliphatic rings. The van der Waals surface area contributed by atoms with E-state index in [0.29, 0.717) is 17.9 Å². The van der Waals surface area contributed by atoms with Crippen molar-refractivity contribution < 1.29 is 4.74 Å². The van der Waals surface area contributed by atoms with E-state index in [1.54, 1.807) is 11.8 Å². The third kappa shape index (κ3) is 3.54. The minimum Gasteiger partial charge on any atom is -0.488 e. The summed E-state index contributed by atoms with van der Waals surface area (Å²) in [6.07, 6.45) is 0. The smallest absolute Gasteiger partial charge is 0.131 e. The predicted octanol–water partition coefficient (Wildman–Crippen LogP) is 3.66. The predicted molar refractivity (Wildman–Crippen MR) is 84.6 cm³/mol. The average Bonchev–Trinajstić information content (AvgIpc) is 2.46. The van der Waals surface area contributed by atoms with Gasteiger partial charge in [-0.05, 0) is 23.4 Å². The summed E-state index contributed by atoms with van der Waals surface area (Å²) in [5, 5.41) is 7.76. The van der Waals surface area contributed by atoms with Crippen molar-refractivity contribution >= 4 is 17.6 Å². The Morgan fingerprint density at radius 1 is 1.15 bits per heavy atom. The normalized spacial score (nSPS) is 10.2. The van der Waals surface area contributed by atoms with Gasteiger partial charge in [0.05, 0.1) is 5.56 Å². The molecule has 3 N–H and O–H groups in total. The molecule has 0 aliphatic heterocycles. The van der Waals surface area contributed by atoms with Gasteiger partial charge in [0.15, 0.2) is 0 Å². The quantitative estimate of drug-likeness (QED) is 0.484. The first-order chi connectivity index (χ1) is 9.72. The zero-order valence-corrected chi connectivity index (χ0v) is 12.2. The molecule has 0 bridgehead atoms. The Morgan fingerprint density at radius 2 is 1.90 bits per heavy atom. The maximum absolute atomic E-state index is 7.76. The third-order valence-electron chi connectivity index (χ3n) is 2.79. The fourth-order valence-corrected chi connectivity index (χ4v) is 2.75. The minimum atomic E-state index is 0.0459. The Hall–Kier alpha value is -1.94. The highest BCUT2D eigenvalue weighted by Crippen LogP contribution is 2.30. The van der Waals surface area contributed by atoms with Crippen LogP contribution in [0.4, 0.5) is 0 Å². The minimum absolute atomic E-state index is 0.0459. The van der Waals surface area contributed by atoms with Crippen LogP contribution in [0.2, 0.25) is 0 Å². The highest BCUT2D eigenvalue weighted by atomic mass is 32.2. The molecule has 20 heavy (non-hydrogen) atoms. The van der Waals surface area contributed by atoms with Gasteiger partial charge in [0.2, 0.25) is 0 Å². The van der Waals surface area contributed by atoms with E-state index in [2.05, 4.69) is 6.92 Å². The lowest BCUT2D eigenvalue weighted by Crippen LogP contribution is -2.14. The standard InChI is InChI=1S/C16H18N2OS/c1-2-20-14-10-6-9-13(15(14)16(17)18)19-11-12-7-4-3-5-8-12/h3-10H,2,11H2,1H3,(H3,17,18). The van der Waals surface area contributed by atoms with Gasteiger partial charge in [0.1, 0.15) is 18.2 Å². The van der Waals surface area contributed by atoms with E-state index in [-0.39, 0.29) is 5.84 Å². The van der Waals surface area contributed by atoms with Crippen molar-refractivity contribution in [2.24, 2.45) is 5.73 Å². The molecule has 0 saturated heterocycles. The summed E-state index contributed by atoms with van der Waals surface area (Å²) in [6.45, 7) is 2.55. The average molecular weight is 286 g/mol. The van der Waals surface area contributed by atoms with Crippen LogP contribution in [-0.2, 0) is 6.61 Å². The Morgan fingerprint density at radius 3 is 2.55 bits per heavy atom. The highest BCUT2D eigenvalue weighted by Gasteiger charge is 2.12. The molecule has 2 aromatic carbocycles. The Labute approximate surface area is 123 Å². The van der Waals surface area contributed by atoms with Crippen LogP contribution in [-0.4, -0.2) is 11.6 Å². The molecule has 3 nitrogen and oxygen atoms in total. The van der Waals surface area contributed by atoms with Gasteiger partial charge in [0.25, 0.3) is 0 Å². The van der Waals surface area contributed by atoms with Gasteiger partial charge >= 0.3 is 0 Å². The zero-order valence-electron chi connectivity index (χ0n) is 11.4. The first kappa shape index (κ1) is 14.5. The number of ether oxygens (including phenoxy) is 1. The number of hydrogen-bond donors (Lipinski definition) is 2. The van der Waals surface area contributed by atoms with E-state index in [0.717, 1.165) is 16.2 Å². The SMILES string of the molecule is CCSc1cccc(OCc2ccccc2)c1C(=N)N. The molecule has 2 aromatic rings. The Bertz CT molecular complexity index is 584. The Kier molecular flexibility index (Phi) is 5.07. The summed E-state index contributed by atoms with van der Waals surface area (Å²) < 4.78 is 5.84. The monoisotopic (exact) mass is 286 g/mol. The fourth-order valence-electron chi connectivity index (χ4n) is 1.91. The molecule has 0 spiro atoms. The lowest BCUT2D eigenvalue weighted by Gasteiger charge is -2.14. The lowest BCUT2D eigenvalue weighted by molar-refractivity contribution is 0.305. The van der Waals surface area contributed by atoms with Crippen LogP contribution in [0.3, 0.4) is 0 Å². The van der Waals surface area contributed by atoms with Gasteiger partial charge in [-0.1, -0.05) is 43.3 Å². The van der Waals surface area contributed by atoms with Crippen LogP contribution in [0, 0.1) is 5.41 Å². The number of amidine groups is 1. The van der Waals surface area contributed by atoms with Crippen molar-refractivity contribution in [3.8, 4) is 5.75 Å². The van der Waals surface area contributed by atoms with E-state index in [1.165, 1.54) is 0 Å². The van der Waals surface area contributed by atoms with Gasteiger partial charge in [-0.15, -0.1) is 11.8 Å². The fraction of sp³-hybridized carbons (Fsp3) is 0.188. The number of hydrogen-bond acceptors (Lipinski definition) is 3. The number of thioether (sulfide) groups is 1. The van der Waals surface area contributed by atoms with Crippen LogP contribution in [0.5, 0.6) is 5.75 Å². The maximum Gasteiger partial charge on any atom is 0.131 e. The molecule has 0 radical (unpaired) electrons. The van der Waals surface area contributed by atoms with Gasteiger partial charge in [-0.2, -0.15) is 0 Å². The summed E-state index contributed by atoms with van der Waals surface area (Å²) in [5.74, 6) is 1.65. The molecule has 0 saturated carbocycles. The number of nitrogen functional groups attached to an aromatic ring is 1. The van der Waals surface area contributed by atoms with Crippen LogP contribution >= 0.6 is 11.8 Å². The summed E-state index contributed by atoms with van der Waals surface area (Å²) in [5.41, 5.74) is 7.49. The number of rotatable bonds is 6. The van der Waals surface area contributed by atoms with Gasteiger partial charge in [-0.3, -0.25) is 5.41 Å². The van der Waals surface area contributed by atoms with Gasteiger partial charge in [0, 0.05) is 4.90 Å². The van der Waals surface area contributed by atoms with Crippen molar-refractivity contribution in [1.29, 1.82) is 5.41 Å². The molecular formula is C16H18N2OS. The summed E-state index contributed by atoms with van der Waals surface area (Å²) in [7, 11) is 0. The van der Waals surface area contributed by atoms with E-state index in [9.17, 15) is 0 Å². The summed E-state index contributed by atoms with van der Waals surface area (Å²) in [4.78, 5) is 0.991. The summed E-state index contributed by atoms with van der Waals surface area (Å²) >= 11 is 1.67. The summed E-state index contributed by atoms with van der Waals surface area (Å²) in [6, 6.07) is 15.7. The Balaban J connectivity index is 2.22. The maximum atomic E-state index is 7.76. The van der Waals surface area contributed by atoms with E-state index in [4.69, 9.17) is 15.9 Å². The largest absolute Gasteiger partial charge is 0.488 e. The van der Waals surface area contributed by atoms with Crippen LogP contribution in [0.15, 0.2) is 53.4 Å². The van der Waals surface area contributed by atoms with Crippen molar-refractivity contribution in [2.75, 3.05) is 5.75 Å². The number of nitrogens with two attached hydrogens (primary N) is 1. The second-order valence-electron chi connectivity index (χ2n) is 4.25. The molecule has 0 heterocycles. The van der Waals surface area contributed by atoms with Gasteiger partial charge < -0.3 is 10.5 Å². The highest BCUT2D eigenvalue weighted by molar-refractivity contribution is 7.99. The molecule has 4 heteroatoms. The molecule has 104 valence electrons. The molecule has 0 fully saturated rings. The molecular weight excluding hydrogens is 268 g/mol. The second-order valence-corrected chi connectivity index (χ2v) is 5.56. The third-order valence-corrected chi connectivity index (χ3v) is 3.73. The topological polar surface area (TPSA) is 59.1 Å². The second kappa shape index (κ2) is 7.01. The zero-order chi connectivity index (χ0) is 14.4. The molecule has 0 amide bonds. The number of nitrogens with one attached hydrogen (secondary N) is 1. The molecule has 0 aromatic heterocycles. The van der Waals surface area contributed by atoms with Crippen LogP contribution in [0.25, 0.3) is 0 Å². The van der Waals surface area contributed by atoms with E-state index < -0.39 is 0 Å². The van der Waals surface area contributed by atoms with Crippen LogP contribution in [0.1, 0.15) is 18.1 Å². The van der Waals surface area contributed by atoms with E-state index in [1.807, 2.05) is 48.5 Å². The molecule has 2 rings (SSSR count). The van der Waals surface area contributed by atoms with Crippen molar-refractivity contribution in [3.05, 3.63) is 59.7 Å².